The number of fused-ring (bicyclic) bond motifs is 1. The van der Waals surface area contributed by atoms with Gasteiger partial charge in [-0.25, -0.2) is 4.98 Å². The SMILES string of the molecule is CCCOCn1cnc2cc(N3CCC(N(C)C)CC3)ccc21. The summed E-state index contributed by atoms with van der Waals surface area (Å²) in [5.74, 6) is 0. The summed E-state index contributed by atoms with van der Waals surface area (Å²) in [6.45, 7) is 5.73. The maximum absolute atomic E-state index is 5.62. The maximum atomic E-state index is 5.62. The van der Waals surface area contributed by atoms with Gasteiger partial charge < -0.3 is 19.1 Å². The summed E-state index contributed by atoms with van der Waals surface area (Å²) < 4.78 is 7.70. The topological polar surface area (TPSA) is 33.5 Å². The molecule has 0 unspecified atom stereocenters. The fraction of sp³-hybridized carbons (Fsp3) is 0.611. The van der Waals surface area contributed by atoms with Crippen LogP contribution in [0.1, 0.15) is 26.2 Å². The first-order valence-electron chi connectivity index (χ1n) is 8.63. The van der Waals surface area contributed by atoms with E-state index in [-0.39, 0.29) is 0 Å². The van der Waals surface area contributed by atoms with E-state index in [0.717, 1.165) is 37.2 Å². The first-order valence-corrected chi connectivity index (χ1v) is 8.63. The minimum atomic E-state index is 0.581. The Kier molecular flexibility index (Phi) is 5.18. The van der Waals surface area contributed by atoms with Gasteiger partial charge >= 0.3 is 0 Å². The van der Waals surface area contributed by atoms with E-state index in [2.05, 4.69) is 58.6 Å². The van der Waals surface area contributed by atoms with Crippen molar-refractivity contribution in [2.75, 3.05) is 38.7 Å². The highest BCUT2D eigenvalue weighted by Crippen LogP contribution is 2.25. The van der Waals surface area contributed by atoms with Crippen LogP contribution in [0.15, 0.2) is 24.5 Å². The van der Waals surface area contributed by atoms with Crippen molar-refractivity contribution >= 4 is 16.7 Å². The molecular weight excluding hydrogens is 288 g/mol. The first kappa shape index (κ1) is 16.3. The van der Waals surface area contributed by atoms with E-state index in [1.54, 1.807) is 0 Å². The number of aromatic nitrogens is 2. The van der Waals surface area contributed by atoms with Gasteiger partial charge in [0, 0.05) is 31.4 Å². The Bertz CT molecular complexity index is 629. The van der Waals surface area contributed by atoms with Crippen LogP contribution in [-0.2, 0) is 11.5 Å². The molecule has 0 spiro atoms. The third-order valence-corrected chi connectivity index (χ3v) is 4.74. The lowest BCUT2D eigenvalue weighted by Crippen LogP contribution is -2.41. The molecule has 1 aliphatic heterocycles. The Morgan fingerprint density at radius 3 is 2.74 bits per heavy atom. The number of piperidine rings is 1. The minimum absolute atomic E-state index is 0.581. The van der Waals surface area contributed by atoms with E-state index in [0.29, 0.717) is 12.8 Å². The van der Waals surface area contributed by atoms with Crippen molar-refractivity contribution in [3.63, 3.8) is 0 Å². The van der Waals surface area contributed by atoms with Crippen molar-refractivity contribution in [2.45, 2.75) is 39.0 Å². The summed E-state index contributed by atoms with van der Waals surface area (Å²) in [5.41, 5.74) is 3.49. The van der Waals surface area contributed by atoms with E-state index in [1.165, 1.54) is 18.5 Å². The standard InChI is InChI=1S/C18H28N4O/c1-4-11-23-14-22-13-19-17-12-16(5-6-18(17)22)21-9-7-15(8-10-21)20(2)3/h5-6,12-13,15H,4,7-11,14H2,1-3H3. The Morgan fingerprint density at radius 2 is 2.04 bits per heavy atom. The zero-order valence-corrected chi connectivity index (χ0v) is 14.5. The predicted octanol–water partition coefficient (Wildman–Crippen LogP) is 2.95. The van der Waals surface area contributed by atoms with Crippen molar-refractivity contribution in [1.29, 1.82) is 0 Å². The quantitative estimate of drug-likeness (QED) is 0.767. The van der Waals surface area contributed by atoms with Gasteiger partial charge in [0.2, 0.25) is 0 Å². The maximum Gasteiger partial charge on any atom is 0.124 e. The van der Waals surface area contributed by atoms with Crippen molar-refractivity contribution in [1.82, 2.24) is 14.5 Å². The van der Waals surface area contributed by atoms with Crippen LogP contribution in [-0.4, -0.2) is 54.3 Å². The molecule has 0 aliphatic carbocycles. The smallest absolute Gasteiger partial charge is 0.124 e. The van der Waals surface area contributed by atoms with Gasteiger partial charge in [-0.15, -0.1) is 0 Å². The number of imidazole rings is 1. The Balaban J connectivity index is 1.69. The van der Waals surface area contributed by atoms with Crippen LogP contribution in [0.3, 0.4) is 0 Å². The molecule has 0 atom stereocenters. The molecule has 23 heavy (non-hydrogen) atoms. The lowest BCUT2D eigenvalue weighted by molar-refractivity contribution is 0.0800. The van der Waals surface area contributed by atoms with Gasteiger partial charge in [0.1, 0.15) is 6.73 Å². The third kappa shape index (κ3) is 3.67. The van der Waals surface area contributed by atoms with E-state index in [1.807, 2.05) is 6.33 Å². The molecule has 2 aromatic rings. The number of hydrogen-bond acceptors (Lipinski definition) is 4. The van der Waals surface area contributed by atoms with Gasteiger partial charge in [0.25, 0.3) is 0 Å². The number of benzene rings is 1. The van der Waals surface area contributed by atoms with Gasteiger partial charge in [-0.3, -0.25) is 0 Å². The molecule has 1 aromatic carbocycles. The van der Waals surface area contributed by atoms with Crippen LogP contribution in [0.5, 0.6) is 0 Å². The zero-order chi connectivity index (χ0) is 16.2. The zero-order valence-electron chi connectivity index (χ0n) is 14.5. The van der Waals surface area contributed by atoms with Crippen molar-refractivity contribution in [2.24, 2.45) is 0 Å². The average molecular weight is 316 g/mol. The molecule has 0 saturated carbocycles. The van der Waals surface area contributed by atoms with E-state index >= 15 is 0 Å². The van der Waals surface area contributed by atoms with E-state index in [4.69, 9.17) is 4.74 Å². The largest absolute Gasteiger partial charge is 0.371 e. The van der Waals surface area contributed by atoms with Gasteiger partial charge in [-0.05, 0) is 51.6 Å². The lowest BCUT2D eigenvalue weighted by atomic mass is 10.0. The third-order valence-electron chi connectivity index (χ3n) is 4.74. The fourth-order valence-corrected chi connectivity index (χ4v) is 3.30. The summed E-state index contributed by atoms with van der Waals surface area (Å²) in [6.07, 6.45) is 5.37. The molecule has 0 amide bonds. The number of anilines is 1. The van der Waals surface area contributed by atoms with Crippen LogP contribution >= 0.6 is 0 Å². The molecule has 2 heterocycles. The highest BCUT2D eigenvalue weighted by atomic mass is 16.5. The van der Waals surface area contributed by atoms with Crippen LogP contribution in [0.4, 0.5) is 5.69 Å². The molecule has 0 N–H and O–H groups in total. The lowest BCUT2D eigenvalue weighted by Gasteiger charge is -2.36. The Labute approximate surface area is 138 Å². The second-order valence-electron chi connectivity index (χ2n) is 6.61. The second kappa shape index (κ2) is 7.32. The van der Waals surface area contributed by atoms with Crippen LogP contribution in [0.2, 0.25) is 0 Å². The average Bonchev–Trinajstić information content (AvgIpc) is 2.97. The second-order valence-corrected chi connectivity index (χ2v) is 6.61. The molecule has 3 rings (SSSR count). The molecule has 5 nitrogen and oxygen atoms in total. The van der Waals surface area contributed by atoms with Gasteiger partial charge in [0.15, 0.2) is 0 Å². The van der Waals surface area contributed by atoms with Crippen molar-refractivity contribution in [3.05, 3.63) is 24.5 Å². The number of hydrogen-bond donors (Lipinski definition) is 0. The van der Waals surface area contributed by atoms with Gasteiger partial charge in [-0.2, -0.15) is 0 Å². The Hall–Kier alpha value is -1.59. The van der Waals surface area contributed by atoms with Gasteiger partial charge in [0.05, 0.1) is 17.4 Å². The number of ether oxygens (including phenoxy) is 1. The minimum Gasteiger partial charge on any atom is -0.371 e. The molecule has 1 fully saturated rings. The van der Waals surface area contributed by atoms with Gasteiger partial charge in [-0.1, -0.05) is 6.92 Å². The molecule has 0 radical (unpaired) electrons. The molecule has 5 heteroatoms. The Morgan fingerprint density at radius 1 is 1.26 bits per heavy atom. The first-order chi connectivity index (χ1) is 11.2. The van der Waals surface area contributed by atoms with Crippen LogP contribution in [0.25, 0.3) is 11.0 Å². The number of rotatable bonds is 6. The normalized spacial score (nSPS) is 16.6. The summed E-state index contributed by atoms with van der Waals surface area (Å²) in [6, 6.07) is 7.31. The molecular formula is C18H28N4O. The fourth-order valence-electron chi connectivity index (χ4n) is 3.30. The predicted molar refractivity (Wildman–Crippen MR) is 94.9 cm³/mol. The molecule has 126 valence electrons. The summed E-state index contributed by atoms with van der Waals surface area (Å²) >= 11 is 0. The van der Waals surface area contributed by atoms with E-state index in [9.17, 15) is 0 Å². The summed E-state index contributed by atoms with van der Waals surface area (Å²) in [4.78, 5) is 9.37. The monoisotopic (exact) mass is 316 g/mol. The van der Waals surface area contributed by atoms with Crippen molar-refractivity contribution in [3.8, 4) is 0 Å². The molecule has 1 aromatic heterocycles. The van der Waals surface area contributed by atoms with E-state index < -0.39 is 0 Å². The highest BCUT2D eigenvalue weighted by Gasteiger charge is 2.21. The molecule has 0 bridgehead atoms. The van der Waals surface area contributed by atoms with Crippen LogP contribution < -0.4 is 4.90 Å². The van der Waals surface area contributed by atoms with Crippen molar-refractivity contribution < 1.29 is 4.74 Å². The number of nitrogens with zero attached hydrogens (tertiary/aromatic N) is 4. The summed E-state index contributed by atoms with van der Waals surface area (Å²) in [5, 5.41) is 0. The summed E-state index contributed by atoms with van der Waals surface area (Å²) in [7, 11) is 4.36. The molecule has 1 saturated heterocycles. The van der Waals surface area contributed by atoms with Crippen LogP contribution in [0, 0.1) is 0 Å². The highest BCUT2D eigenvalue weighted by molar-refractivity contribution is 5.79. The molecule has 1 aliphatic rings.